The van der Waals surface area contributed by atoms with E-state index in [0.29, 0.717) is 5.82 Å². The number of hydrogen-bond donors (Lipinski definition) is 1. The third-order valence-corrected chi connectivity index (χ3v) is 3.58. The van der Waals surface area contributed by atoms with Crippen molar-refractivity contribution in [1.82, 2.24) is 14.9 Å². The van der Waals surface area contributed by atoms with E-state index in [1.807, 2.05) is 24.4 Å². The van der Waals surface area contributed by atoms with Crippen LogP contribution in [-0.2, 0) is 6.54 Å². The van der Waals surface area contributed by atoms with Gasteiger partial charge in [-0.05, 0) is 29.7 Å². The van der Waals surface area contributed by atoms with E-state index in [2.05, 4.69) is 27.0 Å². The highest BCUT2D eigenvalue weighted by Gasteiger charge is 2.15. The predicted octanol–water partition coefficient (Wildman–Crippen LogP) is 2.35. The number of aromatic nitrogens is 2. The van der Waals surface area contributed by atoms with Gasteiger partial charge in [0.25, 0.3) is 0 Å². The van der Waals surface area contributed by atoms with E-state index >= 15 is 0 Å². The SMILES string of the molecule is Nc1ncccc1CN1CCC=C(c2cccnc2)C1. The third kappa shape index (κ3) is 2.86. The van der Waals surface area contributed by atoms with Crippen molar-refractivity contribution >= 4 is 11.4 Å². The Hall–Kier alpha value is -2.20. The Morgan fingerprint density at radius 1 is 1.20 bits per heavy atom. The van der Waals surface area contributed by atoms with Crippen molar-refractivity contribution in [3.05, 3.63) is 60.1 Å². The molecule has 0 amide bonds. The molecule has 1 aliphatic heterocycles. The molecule has 0 spiro atoms. The number of hydrogen-bond acceptors (Lipinski definition) is 4. The zero-order valence-corrected chi connectivity index (χ0v) is 11.4. The molecule has 3 rings (SSSR count). The summed E-state index contributed by atoms with van der Waals surface area (Å²) in [4.78, 5) is 10.7. The van der Waals surface area contributed by atoms with Gasteiger partial charge in [-0.25, -0.2) is 4.98 Å². The van der Waals surface area contributed by atoms with Crippen LogP contribution in [0.3, 0.4) is 0 Å². The average molecular weight is 266 g/mol. The van der Waals surface area contributed by atoms with Crippen LogP contribution < -0.4 is 5.73 Å². The topological polar surface area (TPSA) is 55.0 Å². The van der Waals surface area contributed by atoms with E-state index in [-0.39, 0.29) is 0 Å². The van der Waals surface area contributed by atoms with Crippen LogP contribution in [0.2, 0.25) is 0 Å². The van der Waals surface area contributed by atoms with E-state index in [4.69, 9.17) is 5.73 Å². The molecule has 4 heteroatoms. The van der Waals surface area contributed by atoms with Gasteiger partial charge in [0.2, 0.25) is 0 Å². The van der Waals surface area contributed by atoms with Crippen molar-refractivity contribution in [2.75, 3.05) is 18.8 Å². The summed E-state index contributed by atoms with van der Waals surface area (Å²) in [5, 5.41) is 0. The quantitative estimate of drug-likeness (QED) is 0.926. The maximum Gasteiger partial charge on any atom is 0.127 e. The lowest BCUT2D eigenvalue weighted by atomic mass is 10.0. The molecule has 2 aromatic heterocycles. The summed E-state index contributed by atoms with van der Waals surface area (Å²) in [5.74, 6) is 0.630. The van der Waals surface area contributed by atoms with Gasteiger partial charge in [0.05, 0.1) is 0 Å². The fraction of sp³-hybridized carbons (Fsp3) is 0.250. The molecule has 2 aromatic rings. The van der Waals surface area contributed by atoms with Gasteiger partial charge in [-0.3, -0.25) is 9.88 Å². The second kappa shape index (κ2) is 5.84. The highest BCUT2D eigenvalue weighted by atomic mass is 15.1. The molecular weight excluding hydrogens is 248 g/mol. The first kappa shape index (κ1) is 12.8. The molecule has 20 heavy (non-hydrogen) atoms. The number of rotatable bonds is 3. The van der Waals surface area contributed by atoms with Gasteiger partial charge in [-0.2, -0.15) is 0 Å². The van der Waals surface area contributed by atoms with Crippen LogP contribution in [0.4, 0.5) is 5.82 Å². The second-order valence-corrected chi connectivity index (χ2v) is 5.02. The number of nitrogen functional groups attached to an aromatic ring is 1. The van der Waals surface area contributed by atoms with Crippen LogP contribution in [0, 0.1) is 0 Å². The summed E-state index contributed by atoms with van der Waals surface area (Å²) in [6.07, 6.45) is 8.83. The van der Waals surface area contributed by atoms with Gasteiger partial charge in [0.1, 0.15) is 5.82 Å². The Kier molecular flexibility index (Phi) is 3.74. The zero-order valence-electron chi connectivity index (χ0n) is 11.4. The van der Waals surface area contributed by atoms with E-state index in [1.165, 1.54) is 11.1 Å². The molecule has 1 aliphatic rings. The molecule has 0 radical (unpaired) electrons. The Bertz CT molecular complexity index is 607. The molecule has 0 atom stereocenters. The average Bonchev–Trinajstić information content (AvgIpc) is 2.51. The summed E-state index contributed by atoms with van der Waals surface area (Å²) < 4.78 is 0. The number of pyridine rings is 2. The lowest BCUT2D eigenvalue weighted by Gasteiger charge is -2.27. The van der Waals surface area contributed by atoms with Crippen LogP contribution >= 0.6 is 0 Å². The second-order valence-electron chi connectivity index (χ2n) is 5.02. The molecule has 0 unspecified atom stereocenters. The van der Waals surface area contributed by atoms with Gasteiger partial charge in [0.15, 0.2) is 0 Å². The van der Waals surface area contributed by atoms with Gasteiger partial charge < -0.3 is 5.73 Å². The van der Waals surface area contributed by atoms with Crippen molar-refractivity contribution in [2.45, 2.75) is 13.0 Å². The minimum atomic E-state index is 0.630. The molecule has 0 fully saturated rings. The Morgan fingerprint density at radius 2 is 2.10 bits per heavy atom. The molecule has 2 N–H and O–H groups in total. The van der Waals surface area contributed by atoms with Crippen molar-refractivity contribution in [1.29, 1.82) is 0 Å². The molecule has 102 valence electrons. The van der Waals surface area contributed by atoms with Gasteiger partial charge in [0, 0.05) is 43.8 Å². The standard InChI is InChI=1S/C16H18N4/c17-16-15(5-2-8-19-16)12-20-9-3-6-14(11-20)13-4-1-7-18-10-13/h1-2,4-8,10H,3,9,11-12H2,(H2,17,19). The lowest BCUT2D eigenvalue weighted by Crippen LogP contribution is -2.29. The smallest absolute Gasteiger partial charge is 0.127 e. The number of anilines is 1. The van der Waals surface area contributed by atoms with E-state index in [9.17, 15) is 0 Å². The van der Waals surface area contributed by atoms with E-state index in [0.717, 1.165) is 31.6 Å². The van der Waals surface area contributed by atoms with Crippen LogP contribution in [0.5, 0.6) is 0 Å². The summed E-state index contributed by atoms with van der Waals surface area (Å²) in [5.41, 5.74) is 9.56. The van der Waals surface area contributed by atoms with Crippen molar-refractivity contribution < 1.29 is 0 Å². The Balaban J connectivity index is 1.72. The Morgan fingerprint density at radius 3 is 2.90 bits per heavy atom. The molecule has 4 nitrogen and oxygen atoms in total. The molecule has 0 saturated carbocycles. The summed E-state index contributed by atoms with van der Waals surface area (Å²) >= 11 is 0. The minimum absolute atomic E-state index is 0.630. The summed E-state index contributed by atoms with van der Waals surface area (Å²) in [7, 11) is 0. The molecule has 0 saturated heterocycles. The maximum atomic E-state index is 5.92. The first-order valence-corrected chi connectivity index (χ1v) is 6.84. The van der Waals surface area contributed by atoms with E-state index < -0.39 is 0 Å². The van der Waals surface area contributed by atoms with Crippen LogP contribution in [0.25, 0.3) is 5.57 Å². The fourth-order valence-electron chi connectivity index (χ4n) is 2.53. The molecule has 0 aromatic carbocycles. The van der Waals surface area contributed by atoms with Crippen molar-refractivity contribution in [3.63, 3.8) is 0 Å². The lowest BCUT2D eigenvalue weighted by molar-refractivity contribution is 0.297. The number of nitrogens with two attached hydrogens (primary N) is 1. The molecular formula is C16H18N4. The highest BCUT2D eigenvalue weighted by molar-refractivity contribution is 5.66. The first-order chi connectivity index (χ1) is 9.83. The molecule has 0 bridgehead atoms. The monoisotopic (exact) mass is 266 g/mol. The molecule has 3 heterocycles. The zero-order chi connectivity index (χ0) is 13.8. The highest BCUT2D eigenvalue weighted by Crippen LogP contribution is 2.22. The van der Waals surface area contributed by atoms with Crippen LogP contribution in [0.15, 0.2) is 48.9 Å². The largest absolute Gasteiger partial charge is 0.383 e. The predicted molar refractivity (Wildman–Crippen MR) is 80.8 cm³/mol. The van der Waals surface area contributed by atoms with Gasteiger partial charge >= 0.3 is 0 Å². The normalized spacial score (nSPS) is 15.9. The van der Waals surface area contributed by atoms with Gasteiger partial charge in [-0.1, -0.05) is 18.2 Å². The summed E-state index contributed by atoms with van der Waals surface area (Å²) in [6.45, 7) is 2.83. The maximum absolute atomic E-state index is 5.92. The van der Waals surface area contributed by atoms with E-state index in [1.54, 1.807) is 12.4 Å². The summed E-state index contributed by atoms with van der Waals surface area (Å²) in [6, 6.07) is 8.08. The van der Waals surface area contributed by atoms with Crippen LogP contribution in [0.1, 0.15) is 17.5 Å². The first-order valence-electron chi connectivity index (χ1n) is 6.84. The van der Waals surface area contributed by atoms with Crippen molar-refractivity contribution in [3.8, 4) is 0 Å². The fourth-order valence-corrected chi connectivity index (χ4v) is 2.53. The van der Waals surface area contributed by atoms with Gasteiger partial charge in [-0.15, -0.1) is 0 Å². The Labute approximate surface area is 119 Å². The minimum Gasteiger partial charge on any atom is -0.383 e. The number of nitrogens with zero attached hydrogens (tertiary/aromatic N) is 3. The van der Waals surface area contributed by atoms with Crippen molar-refractivity contribution in [2.24, 2.45) is 0 Å². The van der Waals surface area contributed by atoms with Crippen LogP contribution in [-0.4, -0.2) is 28.0 Å². The molecule has 0 aliphatic carbocycles. The third-order valence-electron chi connectivity index (χ3n) is 3.58.